The average Bonchev–Trinajstić information content (AvgIpc) is 2.85. The van der Waals surface area contributed by atoms with Gasteiger partial charge in [-0.1, -0.05) is 30.1 Å². The molecule has 0 spiro atoms. The summed E-state index contributed by atoms with van der Waals surface area (Å²) in [5, 5.41) is 4.41. The van der Waals surface area contributed by atoms with E-state index in [1.807, 2.05) is 0 Å². The molecule has 0 fully saturated rings. The molecule has 18 heavy (non-hydrogen) atoms. The van der Waals surface area contributed by atoms with Gasteiger partial charge in [0.15, 0.2) is 0 Å². The molecule has 0 aromatic carbocycles. The predicted octanol–water partition coefficient (Wildman–Crippen LogP) is 2.63. The van der Waals surface area contributed by atoms with Crippen LogP contribution in [-0.4, -0.2) is 21.7 Å². The van der Waals surface area contributed by atoms with E-state index in [1.54, 1.807) is 18.3 Å². The molecule has 0 bridgehead atoms. The lowest BCUT2D eigenvalue weighted by atomic mass is 10.0. The fourth-order valence-corrected chi connectivity index (χ4v) is 1.94. The van der Waals surface area contributed by atoms with Gasteiger partial charge < -0.3 is 10.3 Å². The molecule has 96 valence electrons. The van der Waals surface area contributed by atoms with Crippen molar-refractivity contribution in [3.05, 3.63) is 29.2 Å². The van der Waals surface area contributed by atoms with Crippen LogP contribution in [0.4, 0.5) is 0 Å². The largest absolute Gasteiger partial charge is 0.339 e. The Morgan fingerprint density at radius 3 is 3.00 bits per heavy atom. The van der Waals surface area contributed by atoms with Crippen LogP contribution in [0.15, 0.2) is 22.9 Å². The van der Waals surface area contributed by atoms with Crippen LogP contribution in [0.25, 0.3) is 11.5 Å². The van der Waals surface area contributed by atoms with E-state index in [9.17, 15) is 0 Å². The zero-order valence-corrected chi connectivity index (χ0v) is 10.9. The molecule has 0 saturated carbocycles. The summed E-state index contributed by atoms with van der Waals surface area (Å²) in [4.78, 5) is 8.47. The minimum atomic E-state index is 0.0961. The topological polar surface area (TPSA) is 77.8 Å². The maximum atomic E-state index is 6.03. The molecule has 0 aliphatic heterocycles. The fraction of sp³-hybridized carbons (Fsp3) is 0.417. The first-order valence-corrected chi connectivity index (χ1v) is 6.28. The lowest BCUT2D eigenvalue weighted by Crippen LogP contribution is -2.12. The van der Waals surface area contributed by atoms with Crippen molar-refractivity contribution in [3.63, 3.8) is 0 Å². The number of halogens is 1. The van der Waals surface area contributed by atoms with Crippen molar-refractivity contribution in [2.75, 3.05) is 6.54 Å². The summed E-state index contributed by atoms with van der Waals surface area (Å²) in [7, 11) is 0. The SMILES string of the molecule is CCCC(CN)c1nc(-c2ncccc2Cl)no1. The first kappa shape index (κ1) is 13.0. The summed E-state index contributed by atoms with van der Waals surface area (Å²) in [6.45, 7) is 2.58. The van der Waals surface area contributed by atoms with Crippen molar-refractivity contribution in [1.82, 2.24) is 15.1 Å². The number of aromatic nitrogens is 3. The van der Waals surface area contributed by atoms with E-state index in [-0.39, 0.29) is 5.92 Å². The van der Waals surface area contributed by atoms with Gasteiger partial charge in [-0.15, -0.1) is 0 Å². The number of hydrogen-bond acceptors (Lipinski definition) is 5. The summed E-state index contributed by atoms with van der Waals surface area (Å²) < 4.78 is 5.24. The Morgan fingerprint density at radius 2 is 2.33 bits per heavy atom. The minimum absolute atomic E-state index is 0.0961. The summed E-state index contributed by atoms with van der Waals surface area (Å²) in [6.07, 6.45) is 3.59. The Hall–Kier alpha value is -1.46. The molecule has 0 radical (unpaired) electrons. The van der Waals surface area contributed by atoms with Crippen molar-refractivity contribution >= 4 is 11.6 Å². The summed E-state index contributed by atoms with van der Waals surface area (Å²) in [5.74, 6) is 1.06. The highest BCUT2D eigenvalue weighted by molar-refractivity contribution is 6.32. The minimum Gasteiger partial charge on any atom is -0.339 e. The lowest BCUT2D eigenvalue weighted by molar-refractivity contribution is 0.347. The smallest absolute Gasteiger partial charge is 0.231 e. The molecule has 0 aliphatic rings. The van der Waals surface area contributed by atoms with Crippen molar-refractivity contribution < 1.29 is 4.52 Å². The molecule has 6 heteroatoms. The second-order valence-corrected chi connectivity index (χ2v) is 4.42. The van der Waals surface area contributed by atoms with Crippen LogP contribution in [0.1, 0.15) is 31.6 Å². The normalized spacial score (nSPS) is 12.6. The molecule has 0 aliphatic carbocycles. The van der Waals surface area contributed by atoms with E-state index in [0.29, 0.717) is 29.0 Å². The van der Waals surface area contributed by atoms with Crippen LogP contribution in [0.3, 0.4) is 0 Å². The van der Waals surface area contributed by atoms with E-state index in [4.69, 9.17) is 21.9 Å². The van der Waals surface area contributed by atoms with Gasteiger partial charge >= 0.3 is 0 Å². The Balaban J connectivity index is 2.28. The first-order valence-electron chi connectivity index (χ1n) is 5.90. The van der Waals surface area contributed by atoms with Gasteiger partial charge in [0.2, 0.25) is 11.7 Å². The summed E-state index contributed by atoms with van der Waals surface area (Å²) >= 11 is 6.03. The Bertz CT molecular complexity index is 514. The molecule has 2 aromatic heterocycles. The van der Waals surface area contributed by atoms with Crippen LogP contribution >= 0.6 is 11.6 Å². The molecule has 2 N–H and O–H groups in total. The van der Waals surface area contributed by atoms with Crippen LogP contribution in [0.5, 0.6) is 0 Å². The maximum Gasteiger partial charge on any atom is 0.231 e. The van der Waals surface area contributed by atoms with Crippen LogP contribution in [-0.2, 0) is 0 Å². The molecule has 5 nitrogen and oxygen atoms in total. The third kappa shape index (κ3) is 2.68. The third-order valence-electron chi connectivity index (χ3n) is 2.68. The van der Waals surface area contributed by atoms with E-state index in [1.165, 1.54) is 0 Å². The number of rotatable bonds is 5. The lowest BCUT2D eigenvalue weighted by Gasteiger charge is -2.06. The van der Waals surface area contributed by atoms with E-state index >= 15 is 0 Å². The second-order valence-electron chi connectivity index (χ2n) is 4.01. The molecule has 2 heterocycles. The van der Waals surface area contributed by atoms with Crippen molar-refractivity contribution in [2.24, 2.45) is 5.73 Å². The predicted molar refractivity (Wildman–Crippen MR) is 69.2 cm³/mol. The first-order chi connectivity index (χ1) is 8.76. The van der Waals surface area contributed by atoms with E-state index < -0.39 is 0 Å². The highest BCUT2D eigenvalue weighted by Gasteiger charge is 2.19. The highest BCUT2D eigenvalue weighted by Crippen LogP contribution is 2.25. The summed E-state index contributed by atoms with van der Waals surface area (Å²) in [6, 6.07) is 3.50. The monoisotopic (exact) mass is 266 g/mol. The van der Waals surface area contributed by atoms with Crippen LogP contribution in [0, 0.1) is 0 Å². The summed E-state index contributed by atoms with van der Waals surface area (Å²) in [5.41, 5.74) is 6.23. The maximum absolute atomic E-state index is 6.03. The molecule has 2 rings (SSSR count). The molecule has 0 amide bonds. The zero-order chi connectivity index (χ0) is 13.0. The third-order valence-corrected chi connectivity index (χ3v) is 2.99. The van der Waals surface area contributed by atoms with Gasteiger partial charge in [-0.05, 0) is 18.6 Å². The van der Waals surface area contributed by atoms with Gasteiger partial charge in [0.25, 0.3) is 0 Å². The molecular weight excluding hydrogens is 252 g/mol. The van der Waals surface area contributed by atoms with Crippen LogP contribution < -0.4 is 5.73 Å². The fourth-order valence-electron chi connectivity index (χ4n) is 1.74. The van der Waals surface area contributed by atoms with E-state index in [0.717, 1.165) is 12.8 Å². The van der Waals surface area contributed by atoms with Gasteiger partial charge in [-0.2, -0.15) is 4.98 Å². The van der Waals surface area contributed by atoms with Crippen molar-refractivity contribution in [3.8, 4) is 11.5 Å². The van der Waals surface area contributed by atoms with Gasteiger partial charge in [0.05, 0.1) is 10.9 Å². The molecule has 1 atom stereocenters. The number of nitrogens with two attached hydrogens (primary N) is 1. The highest BCUT2D eigenvalue weighted by atomic mass is 35.5. The average molecular weight is 267 g/mol. The Kier molecular flexibility index (Phi) is 4.28. The van der Waals surface area contributed by atoms with Crippen molar-refractivity contribution in [2.45, 2.75) is 25.7 Å². The Morgan fingerprint density at radius 1 is 1.50 bits per heavy atom. The van der Waals surface area contributed by atoms with Gasteiger partial charge in [0.1, 0.15) is 5.69 Å². The number of pyridine rings is 1. The molecule has 1 unspecified atom stereocenters. The Labute approximate surface area is 110 Å². The van der Waals surface area contributed by atoms with Gasteiger partial charge in [-0.3, -0.25) is 4.98 Å². The zero-order valence-electron chi connectivity index (χ0n) is 10.1. The van der Waals surface area contributed by atoms with Crippen molar-refractivity contribution in [1.29, 1.82) is 0 Å². The molecular formula is C12H15ClN4O. The second kappa shape index (κ2) is 5.93. The van der Waals surface area contributed by atoms with Gasteiger partial charge in [-0.25, -0.2) is 0 Å². The van der Waals surface area contributed by atoms with Crippen LogP contribution in [0.2, 0.25) is 5.02 Å². The number of hydrogen-bond donors (Lipinski definition) is 1. The number of nitrogens with zero attached hydrogens (tertiary/aromatic N) is 3. The standard InChI is InChI=1S/C12H15ClN4O/c1-2-4-8(7-14)12-16-11(17-18-12)10-9(13)5-3-6-15-10/h3,5-6,8H,2,4,7,14H2,1H3. The quantitative estimate of drug-likeness (QED) is 0.900. The molecule has 0 saturated heterocycles. The molecule has 2 aromatic rings. The van der Waals surface area contributed by atoms with E-state index in [2.05, 4.69) is 22.0 Å². The van der Waals surface area contributed by atoms with Gasteiger partial charge in [0, 0.05) is 12.7 Å².